The number of pyridine rings is 1. The molecule has 0 radical (unpaired) electrons. The van der Waals surface area contributed by atoms with Gasteiger partial charge in [-0.25, -0.2) is 9.78 Å². The topological polar surface area (TPSA) is 66.8 Å². The first-order chi connectivity index (χ1) is 13.8. The highest BCUT2D eigenvalue weighted by Gasteiger charge is 2.33. The fourth-order valence-electron chi connectivity index (χ4n) is 3.03. The van der Waals surface area contributed by atoms with E-state index < -0.39 is 17.9 Å². The Balaban J connectivity index is 1.62. The SMILES string of the molecule is CNC(=O)N=C(C)c1ccc(OC2CCN(c3cccc(C(F)(F)F)n3)C2)cc1. The van der Waals surface area contributed by atoms with Gasteiger partial charge in [-0.05, 0) is 48.9 Å². The Hall–Kier alpha value is -3.10. The van der Waals surface area contributed by atoms with Crippen LogP contribution in [0.3, 0.4) is 0 Å². The van der Waals surface area contributed by atoms with Crippen LogP contribution in [0.4, 0.5) is 23.8 Å². The Morgan fingerprint density at radius 1 is 1.24 bits per heavy atom. The van der Waals surface area contributed by atoms with E-state index in [0.29, 0.717) is 36.8 Å². The Morgan fingerprint density at radius 2 is 1.97 bits per heavy atom. The van der Waals surface area contributed by atoms with Crippen LogP contribution in [0.15, 0.2) is 47.5 Å². The van der Waals surface area contributed by atoms with Gasteiger partial charge in [0.2, 0.25) is 0 Å². The minimum Gasteiger partial charge on any atom is -0.489 e. The van der Waals surface area contributed by atoms with Crippen molar-refractivity contribution in [2.24, 2.45) is 4.99 Å². The molecule has 1 aromatic heterocycles. The molecule has 2 heterocycles. The number of aliphatic imine (C=N–C) groups is 1. The van der Waals surface area contributed by atoms with Gasteiger partial charge in [-0.15, -0.1) is 0 Å². The molecule has 1 aromatic carbocycles. The van der Waals surface area contributed by atoms with E-state index in [2.05, 4.69) is 15.3 Å². The van der Waals surface area contributed by atoms with Crippen LogP contribution < -0.4 is 15.0 Å². The second-order valence-electron chi connectivity index (χ2n) is 6.63. The summed E-state index contributed by atoms with van der Waals surface area (Å²) < 4.78 is 44.5. The summed E-state index contributed by atoms with van der Waals surface area (Å²) in [6, 6.07) is 10.6. The van der Waals surface area contributed by atoms with Crippen molar-refractivity contribution in [3.05, 3.63) is 53.7 Å². The van der Waals surface area contributed by atoms with Crippen molar-refractivity contribution < 1.29 is 22.7 Å². The first-order valence-corrected chi connectivity index (χ1v) is 9.09. The van der Waals surface area contributed by atoms with Crippen molar-refractivity contribution in [1.82, 2.24) is 10.3 Å². The average Bonchev–Trinajstić information content (AvgIpc) is 3.16. The van der Waals surface area contributed by atoms with Gasteiger partial charge in [0.25, 0.3) is 0 Å². The lowest BCUT2D eigenvalue weighted by molar-refractivity contribution is -0.141. The molecule has 2 amide bonds. The summed E-state index contributed by atoms with van der Waals surface area (Å²) in [4.78, 5) is 20.7. The maximum atomic E-state index is 12.9. The molecule has 1 saturated heterocycles. The van der Waals surface area contributed by atoms with Crippen molar-refractivity contribution in [2.75, 3.05) is 25.0 Å². The number of hydrogen-bond acceptors (Lipinski definition) is 4. The van der Waals surface area contributed by atoms with Crippen LogP contribution in [0, 0.1) is 0 Å². The quantitative estimate of drug-likeness (QED) is 0.782. The summed E-state index contributed by atoms with van der Waals surface area (Å²) in [6.45, 7) is 2.75. The lowest BCUT2D eigenvalue weighted by Gasteiger charge is -2.19. The predicted molar refractivity (Wildman–Crippen MR) is 104 cm³/mol. The zero-order valence-electron chi connectivity index (χ0n) is 16.0. The van der Waals surface area contributed by atoms with Gasteiger partial charge in [0.05, 0.1) is 12.3 Å². The standard InChI is InChI=1S/C20H21F3N4O2/c1-13(25-19(28)24-2)14-6-8-15(9-7-14)29-16-10-11-27(12-16)18-5-3-4-17(26-18)20(21,22)23/h3-9,16H,10-12H2,1-2H3,(H,24,28). The minimum absolute atomic E-state index is 0.155. The summed E-state index contributed by atoms with van der Waals surface area (Å²) >= 11 is 0. The van der Waals surface area contributed by atoms with Crippen molar-refractivity contribution in [2.45, 2.75) is 25.6 Å². The molecule has 0 bridgehead atoms. The van der Waals surface area contributed by atoms with Crippen LogP contribution >= 0.6 is 0 Å². The zero-order chi connectivity index (χ0) is 21.0. The van der Waals surface area contributed by atoms with Gasteiger partial charge in [-0.2, -0.15) is 18.2 Å². The van der Waals surface area contributed by atoms with Crippen LogP contribution in [-0.2, 0) is 6.18 Å². The van der Waals surface area contributed by atoms with E-state index in [-0.39, 0.29) is 6.10 Å². The number of amides is 2. The Kier molecular flexibility index (Phi) is 6.05. The maximum absolute atomic E-state index is 12.9. The molecule has 1 aliphatic heterocycles. The second-order valence-corrected chi connectivity index (χ2v) is 6.63. The second kappa shape index (κ2) is 8.50. The Morgan fingerprint density at radius 3 is 2.62 bits per heavy atom. The molecule has 1 unspecified atom stereocenters. The number of carbonyl (C=O) groups excluding carboxylic acids is 1. The molecule has 29 heavy (non-hydrogen) atoms. The van der Waals surface area contributed by atoms with Crippen molar-refractivity contribution >= 4 is 17.6 Å². The maximum Gasteiger partial charge on any atom is 0.433 e. The van der Waals surface area contributed by atoms with Crippen molar-refractivity contribution in [3.8, 4) is 5.75 Å². The molecule has 154 valence electrons. The van der Waals surface area contributed by atoms with Gasteiger partial charge in [0.15, 0.2) is 0 Å². The molecule has 0 aliphatic carbocycles. The molecule has 1 N–H and O–H groups in total. The number of hydrogen-bond donors (Lipinski definition) is 1. The predicted octanol–water partition coefficient (Wildman–Crippen LogP) is 3.91. The summed E-state index contributed by atoms with van der Waals surface area (Å²) in [5, 5.41) is 2.43. The number of aromatic nitrogens is 1. The normalized spacial score (nSPS) is 17.3. The molecule has 2 aromatic rings. The molecule has 3 rings (SSSR count). The lowest BCUT2D eigenvalue weighted by atomic mass is 10.1. The fraction of sp³-hybridized carbons (Fsp3) is 0.350. The number of nitrogens with zero attached hydrogens (tertiary/aromatic N) is 3. The molecular weight excluding hydrogens is 385 g/mol. The molecule has 6 nitrogen and oxygen atoms in total. The van der Waals surface area contributed by atoms with E-state index in [1.54, 1.807) is 42.2 Å². The van der Waals surface area contributed by atoms with Gasteiger partial charge < -0.3 is 15.0 Å². The number of rotatable bonds is 4. The van der Waals surface area contributed by atoms with Gasteiger partial charge in [-0.1, -0.05) is 6.07 Å². The Labute approximate surface area is 166 Å². The highest BCUT2D eigenvalue weighted by Crippen LogP contribution is 2.30. The van der Waals surface area contributed by atoms with Crippen LogP contribution in [0.25, 0.3) is 0 Å². The zero-order valence-corrected chi connectivity index (χ0v) is 16.0. The third kappa shape index (κ3) is 5.24. The number of benzene rings is 1. The molecule has 9 heteroatoms. The van der Waals surface area contributed by atoms with Crippen molar-refractivity contribution in [3.63, 3.8) is 0 Å². The van der Waals surface area contributed by atoms with E-state index in [1.165, 1.54) is 13.1 Å². The van der Waals surface area contributed by atoms with Crippen LogP contribution in [0.5, 0.6) is 5.75 Å². The minimum atomic E-state index is -4.47. The summed E-state index contributed by atoms with van der Waals surface area (Å²) in [5.74, 6) is 0.938. The number of alkyl halides is 3. The molecule has 1 fully saturated rings. The van der Waals surface area contributed by atoms with Crippen molar-refractivity contribution in [1.29, 1.82) is 0 Å². The number of halogens is 3. The number of ether oxygens (including phenoxy) is 1. The number of carbonyl (C=O) groups is 1. The van der Waals surface area contributed by atoms with Crippen LogP contribution in [0.2, 0.25) is 0 Å². The van der Waals surface area contributed by atoms with Gasteiger partial charge in [0, 0.05) is 20.0 Å². The third-order valence-electron chi connectivity index (χ3n) is 4.55. The van der Waals surface area contributed by atoms with E-state index in [0.717, 1.165) is 11.6 Å². The van der Waals surface area contributed by atoms with E-state index in [1.807, 2.05) is 0 Å². The summed E-state index contributed by atoms with van der Waals surface area (Å²) in [6.07, 6.45) is -3.94. The summed E-state index contributed by atoms with van der Waals surface area (Å²) in [5.41, 5.74) is 0.476. The highest BCUT2D eigenvalue weighted by molar-refractivity contribution is 6.04. The van der Waals surface area contributed by atoms with E-state index >= 15 is 0 Å². The average molecular weight is 406 g/mol. The van der Waals surface area contributed by atoms with E-state index in [9.17, 15) is 18.0 Å². The number of anilines is 1. The lowest BCUT2D eigenvalue weighted by Crippen LogP contribution is -2.25. The number of urea groups is 1. The Bertz CT molecular complexity index is 897. The third-order valence-corrected chi connectivity index (χ3v) is 4.55. The smallest absolute Gasteiger partial charge is 0.433 e. The van der Waals surface area contributed by atoms with Crippen LogP contribution in [-0.4, -0.2) is 43.0 Å². The van der Waals surface area contributed by atoms with Gasteiger partial charge >= 0.3 is 12.2 Å². The molecule has 0 saturated carbocycles. The van der Waals surface area contributed by atoms with Gasteiger partial charge in [-0.3, -0.25) is 0 Å². The fourth-order valence-corrected chi connectivity index (χ4v) is 3.03. The van der Waals surface area contributed by atoms with Crippen LogP contribution in [0.1, 0.15) is 24.6 Å². The molecule has 1 aliphatic rings. The summed E-state index contributed by atoms with van der Waals surface area (Å²) in [7, 11) is 1.51. The van der Waals surface area contributed by atoms with Gasteiger partial charge in [0.1, 0.15) is 23.4 Å². The largest absolute Gasteiger partial charge is 0.489 e. The highest BCUT2D eigenvalue weighted by atomic mass is 19.4. The first-order valence-electron chi connectivity index (χ1n) is 9.09. The number of nitrogens with one attached hydrogen (secondary N) is 1. The monoisotopic (exact) mass is 406 g/mol. The van der Waals surface area contributed by atoms with E-state index in [4.69, 9.17) is 4.74 Å². The molecular formula is C20H21F3N4O2. The molecule has 1 atom stereocenters. The molecule has 0 spiro atoms. The first kappa shape index (κ1) is 20.6.